The Hall–Kier alpha value is -2.55. The van der Waals surface area contributed by atoms with Crippen molar-refractivity contribution in [2.75, 3.05) is 37.7 Å². The zero-order valence-electron chi connectivity index (χ0n) is 19.2. The summed E-state index contributed by atoms with van der Waals surface area (Å²) in [6.07, 6.45) is 2.10. The van der Waals surface area contributed by atoms with Crippen LogP contribution in [0, 0.1) is 5.92 Å². The van der Waals surface area contributed by atoms with Gasteiger partial charge in [-0.05, 0) is 66.1 Å². The van der Waals surface area contributed by atoms with Gasteiger partial charge in [0.05, 0.1) is 13.2 Å². The monoisotopic (exact) mass is 468 g/mol. The molecule has 0 bridgehead atoms. The average Bonchev–Trinajstić information content (AvgIpc) is 3.35. The van der Waals surface area contributed by atoms with Gasteiger partial charge in [0, 0.05) is 30.4 Å². The standard InChI is InChI=1S/C25H32N4O3S/c1-18(2)24-27-25(32-28-24)29-14-11-19(12-15-29)17-31-22-7-3-20(4-8-22)21-5-9-23(10-6-21)33-26-13-16-30/h3-10,18-19,26,30H,11-17H2,1-2H3. The maximum atomic E-state index is 8.85. The van der Waals surface area contributed by atoms with Crippen LogP contribution >= 0.6 is 11.9 Å². The first-order valence-corrected chi connectivity index (χ1v) is 12.4. The normalized spacial score (nSPS) is 14.7. The Morgan fingerprint density at radius 2 is 1.76 bits per heavy atom. The lowest BCUT2D eigenvalue weighted by Crippen LogP contribution is -2.35. The Morgan fingerprint density at radius 1 is 1.09 bits per heavy atom. The lowest BCUT2D eigenvalue weighted by atomic mass is 9.98. The van der Waals surface area contributed by atoms with E-state index in [9.17, 15) is 0 Å². The summed E-state index contributed by atoms with van der Waals surface area (Å²) < 4.78 is 14.6. The number of anilines is 1. The third kappa shape index (κ3) is 6.50. The molecule has 2 N–H and O–H groups in total. The number of rotatable bonds is 10. The van der Waals surface area contributed by atoms with Gasteiger partial charge in [-0.15, -0.1) is 0 Å². The largest absolute Gasteiger partial charge is 0.493 e. The molecule has 1 aliphatic rings. The molecule has 0 amide bonds. The van der Waals surface area contributed by atoms with Crippen molar-refractivity contribution in [3.8, 4) is 16.9 Å². The van der Waals surface area contributed by atoms with Crippen LogP contribution in [0.3, 0.4) is 0 Å². The van der Waals surface area contributed by atoms with Gasteiger partial charge in [0.1, 0.15) is 5.75 Å². The maximum absolute atomic E-state index is 8.85. The molecule has 176 valence electrons. The van der Waals surface area contributed by atoms with Gasteiger partial charge in [-0.1, -0.05) is 43.3 Å². The first-order chi connectivity index (χ1) is 16.1. The summed E-state index contributed by atoms with van der Waals surface area (Å²) in [6, 6.07) is 17.3. The van der Waals surface area contributed by atoms with Gasteiger partial charge in [0.15, 0.2) is 5.82 Å². The molecule has 0 spiro atoms. The predicted molar refractivity (Wildman–Crippen MR) is 132 cm³/mol. The second-order valence-corrected chi connectivity index (χ2v) is 9.56. The van der Waals surface area contributed by atoms with Crippen molar-refractivity contribution in [2.45, 2.75) is 37.5 Å². The number of nitrogens with one attached hydrogen (secondary N) is 1. The van der Waals surface area contributed by atoms with Crippen LogP contribution in [-0.4, -0.2) is 48.1 Å². The fourth-order valence-corrected chi connectivity index (χ4v) is 4.37. The number of hydrogen-bond donors (Lipinski definition) is 2. The van der Waals surface area contributed by atoms with Gasteiger partial charge < -0.3 is 19.3 Å². The highest BCUT2D eigenvalue weighted by molar-refractivity contribution is 7.97. The smallest absolute Gasteiger partial charge is 0.324 e. The molecule has 0 unspecified atom stereocenters. The molecule has 1 aromatic heterocycles. The Balaban J connectivity index is 1.23. The van der Waals surface area contributed by atoms with Crippen molar-refractivity contribution in [1.82, 2.24) is 14.9 Å². The molecule has 7 nitrogen and oxygen atoms in total. The van der Waals surface area contributed by atoms with E-state index in [1.165, 1.54) is 17.5 Å². The summed E-state index contributed by atoms with van der Waals surface area (Å²) >= 11 is 1.53. The van der Waals surface area contributed by atoms with Crippen LogP contribution in [0.5, 0.6) is 5.75 Å². The number of aliphatic hydroxyl groups is 1. The summed E-state index contributed by atoms with van der Waals surface area (Å²) in [5.41, 5.74) is 2.33. The molecular weight excluding hydrogens is 436 g/mol. The molecule has 4 rings (SSSR count). The Kier molecular flexibility index (Phi) is 8.25. The van der Waals surface area contributed by atoms with E-state index in [1.807, 2.05) is 12.1 Å². The van der Waals surface area contributed by atoms with Crippen LogP contribution < -0.4 is 14.4 Å². The minimum absolute atomic E-state index is 0.137. The summed E-state index contributed by atoms with van der Waals surface area (Å²) in [6.45, 7) is 7.40. The molecule has 33 heavy (non-hydrogen) atoms. The van der Waals surface area contributed by atoms with Gasteiger partial charge in [0.2, 0.25) is 0 Å². The molecule has 1 aliphatic heterocycles. The number of nitrogens with zero attached hydrogens (tertiary/aromatic N) is 3. The molecule has 1 fully saturated rings. The number of ether oxygens (including phenoxy) is 1. The van der Waals surface area contributed by atoms with Gasteiger partial charge in [-0.3, -0.25) is 4.72 Å². The molecular formula is C25H32N4O3S. The third-order valence-corrected chi connectivity index (χ3v) is 6.62. The Labute approximate surface area is 199 Å². The lowest BCUT2D eigenvalue weighted by Gasteiger charge is -2.30. The summed E-state index contributed by atoms with van der Waals surface area (Å²) in [4.78, 5) is 7.81. The van der Waals surface area contributed by atoms with E-state index in [-0.39, 0.29) is 12.5 Å². The topological polar surface area (TPSA) is 83.7 Å². The quantitative estimate of drug-likeness (QED) is 0.326. The van der Waals surface area contributed by atoms with Gasteiger partial charge in [-0.2, -0.15) is 4.98 Å². The average molecular weight is 469 g/mol. The fourth-order valence-electron chi connectivity index (χ4n) is 3.73. The zero-order valence-corrected chi connectivity index (χ0v) is 20.1. The lowest BCUT2D eigenvalue weighted by molar-refractivity contribution is 0.220. The van der Waals surface area contributed by atoms with Crippen molar-refractivity contribution in [1.29, 1.82) is 0 Å². The second-order valence-electron chi connectivity index (χ2n) is 8.60. The van der Waals surface area contributed by atoms with E-state index in [2.05, 4.69) is 70.0 Å². The van der Waals surface area contributed by atoms with Crippen LogP contribution in [0.15, 0.2) is 57.9 Å². The van der Waals surface area contributed by atoms with Gasteiger partial charge in [0.25, 0.3) is 0 Å². The van der Waals surface area contributed by atoms with Gasteiger partial charge in [-0.25, -0.2) is 0 Å². The fraction of sp³-hybridized carbons (Fsp3) is 0.440. The molecule has 2 aromatic carbocycles. The summed E-state index contributed by atoms with van der Waals surface area (Å²) in [5.74, 6) is 2.47. The minimum Gasteiger partial charge on any atom is -0.493 e. The number of aliphatic hydroxyl groups excluding tert-OH is 1. The summed E-state index contributed by atoms with van der Waals surface area (Å²) in [5, 5.41) is 12.9. The van der Waals surface area contributed by atoms with E-state index >= 15 is 0 Å². The summed E-state index contributed by atoms with van der Waals surface area (Å²) in [7, 11) is 0. The number of hydrogen-bond acceptors (Lipinski definition) is 8. The first kappa shape index (κ1) is 23.6. The molecule has 8 heteroatoms. The van der Waals surface area contributed by atoms with Crippen molar-refractivity contribution in [3.05, 3.63) is 54.4 Å². The first-order valence-electron chi connectivity index (χ1n) is 11.5. The second kappa shape index (κ2) is 11.5. The van der Waals surface area contributed by atoms with E-state index in [4.69, 9.17) is 14.4 Å². The highest BCUT2D eigenvalue weighted by atomic mass is 32.2. The molecule has 0 saturated carbocycles. The Bertz CT molecular complexity index is 984. The van der Waals surface area contributed by atoms with Crippen LogP contribution in [0.4, 0.5) is 6.01 Å². The van der Waals surface area contributed by atoms with Crippen LogP contribution in [0.2, 0.25) is 0 Å². The van der Waals surface area contributed by atoms with Crippen LogP contribution in [0.1, 0.15) is 38.4 Å². The molecule has 2 heterocycles. The van der Waals surface area contributed by atoms with E-state index in [0.29, 0.717) is 18.5 Å². The SMILES string of the molecule is CC(C)c1noc(N2CCC(COc3ccc(-c4ccc(SNCCO)cc4)cc3)CC2)n1. The number of piperidine rings is 1. The molecule has 0 aliphatic carbocycles. The van der Waals surface area contributed by atoms with Gasteiger partial charge >= 0.3 is 6.01 Å². The zero-order chi connectivity index (χ0) is 23.0. The highest BCUT2D eigenvalue weighted by Gasteiger charge is 2.24. The van der Waals surface area contributed by atoms with Crippen LogP contribution in [0.25, 0.3) is 11.1 Å². The van der Waals surface area contributed by atoms with E-state index < -0.39 is 0 Å². The highest BCUT2D eigenvalue weighted by Crippen LogP contribution is 2.27. The number of benzene rings is 2. The minimum atomic E-state index is 0.137. The van der Waals surface area contributed by atoms with Crippen molar-refractivity contribution >= 4 is 18.0 Å². The molecule has 0 radical (unpaired) electrons. The third-order valence-electron chi connectivity index (χ3n) is 5.76. The van der Waals surface area contributed by atoms with E-state index in [1.54, 1.807) is 0 Å². The number of aromatic nitrogens is 2. The maximum Gasteiger partial charge on any atom is 0.324 e. The molecule has 3 aromatic rings. The molecule has 1 saturated heterocycles. The van der Waals surface area contributed by atoms with Crippen molar-refractivity contribution < 1.29 is 14.4 Å². The molecule has 0 atom stereocenters. The van der Waals surface area contributed by atoms with Crippen molar-refractivity contribution in [3.63, 3.8) is 0 Å². The van der Waals surface area contributed by atoms with Crippen LogP contribution in [-0.2, 0) is 0 Å². The van der Waals surface area contributed by atoms with E-state index in [0.717, 1.165) is 54.6 Å². The predicted octanol–water partition coefficient (Wildman–Crippen LogP) is 4.74. The van der Waals surface area contributed by atoms with Crippen molar-refractivity contribution in [2.24, 2.45) is 5.92 Å². The Morgan fingerprint density at radius 3 is 2.36 bits per heavy atom.